The molecule has 0 aliphatic carbocycles. The van der Waals surface area contributed by atoms with Crippen molar-refractivity contribution in [1.29, 1.82) is 0 Å². The zero-order valence-corrected chi connectivity index (χ0v) is 14.6. The Hall–Kier alpha value is -3.43. The summed E-state index contributed by atoms with van der Waals surface area (Å²) in [5, 5.41) is 13.1. The van der Waals surface area contributed by atoms with Gasteiger partial charge in [0, 0.05) is 6.07 Å². The Morgan fingerprint density at radius 1 is 1.14 bits per heavy atom. The summed E-state index contributed by atoms with van der Waals surface area (Å²) in [6.07, 6.45) is -3.99. The Bertz CT molecular complexity index is 895. The fraction of sp³-hybridized carbons (Fsp3) is 0.222. The van der Waals surface area contributed by atoms with Crippen molar-refractivity contribution in [3.63, 3.8) is 0 Å². The Morgan fingerprint density at radius 2 is 1.79 bits per heavy atom. The molecule has 2 aromatic carbocycles. The first-order chi connectivity index (χ1) is 13.1. The second-order valence-electron chi connectivity index (χ2n) is 5.66. The van der Waals surface area contributed by atoms with E-state index in [-0.39, 0.29) is 5.56 Å². The second-order valence-corrected chi connectivity index (χ2v) is 5.66. The lowest BCUT2D eigenvalue weighted by Crippen LogP contribution is -2.21. The summed E-state index contributed by atoms with van der Waals surface area (Å²) in [6.45, 7) is 1.19. The van der Waals surface area contributed by atoms with Gasteiger partial charge in [0.25, 0.3) is 11.6 Å². The molecule has 1 N–H and O–H groups in total. The molecule has 0 saturated carbocycles. The summed E-state index contributed by atoms with van der Waals surface area (Å²) >= 11 is 0. The lowest BCUT2D eigenvalue weighted by atomic mass is 10.1. The molecule has 0 fully saturated rings. The number of ether oxygens (including phenoxy) is 1. The molecule has 0 aliphatic heterocycles. The number of benzene rings is 2. The highest BCUT2D eigenvalue weighted by Gasteiger charge is 2.33. The van der Waals surface area contributed by atoms with E-state index in [0.717, 1.165) is 18.1 Å². The van der Waals surface area contributed by atoms with E-state index in [1.807, 2.05) is 6.92 Å². The van der Waals surface area contributed by atoms with Crippen LogP contribution >= 0.6 is 0 Å². The summed E-state index contributed by atoms with van der Waals surface area (Å²) in [5.41, 5.74) is -1.37. The number of halogens is 3. The van der Waals surface area contributed by atoms with Gasteiger partial charge in [0.05, 0.1) is 16.1 Å². The van der Waals surface area contributed by atoms with Gasteiger partial charge in [-0.25, -0.2) is 4.79 Å². The summed E-state index contributed by atoms with van der Waals surface area (Å²) in [5.74, 6) is -1.71. The van der Waals surface area contributed by atoms with Gasteiger partial charge in [-0.1, -0.05) is 19.1 Å². The molecule has 1 amide bonds. The fourth-order valence-electron chi connectivity index (χ4n) is 2.24. The molecule has 0 spiro atoms. The van der Waals surface area contributed by atoms with E-state index in [1.54, 1.807) is 12.1 Å². The third kappa shape index (κ3) is 5.29. The van der Waals surface area contributed by atoms with Gasteiger partial charge in [0.1, 0.15) is 5.69 Å². The molecule has 0 bridgehead atoms. The van der Waals surface area contributed by atoms with Crippen LogP contribution in [0.25, 0.3) is 0 Å². The van der Waals surface area contributed by atoms with Crippen LogP contribution in [0.5, 0.6) is 0 Å². The number of amides is 1. The highest BCUT2D eigenvalue weighted by molar-refractivity contribution is 5.96. The molecule has 0 unspecified atom stereocenters. The maximum atomic E-state index is 12.7. The smallest absolute Gasteiger partial charge is 0.416 e. The van der Waals surface area contributed by atoms with Crippen molar-refractivity contribution in [2.24, 2.45) is 0 Å². The van der Waals surface area contributed by atoms with Crippen molar-refractivity contribution in [1.82, 2.24) is 0 Å². The van der Waals surface area contributed by atoms with E-state index in [1.165, 1.54) is 12.1 Å². The number of nitrogens with one attached hydrogen (secondary N) is 1. The highest BCUT2D eigenvalue weighted by atomic mass is 19.4. The van der Waals surface area contributed by atoms with Crippen molar-refractivity contribution in [3.05, 3.63) is 69.3 Å². The van der Waals surface area contributed by atoms with E-state index in [9.17, 15) is 32.9 Å². The first-order valence-electron chi connectivity index (χ1n) is 8.03. The number of nitrogens with zero attached hydrogens (tertiary/aromatic N) is 1. The summed E-state index contributed by atoms with van der Waals surface area (Å²) in [4.78, 5) is 33.7. The number of rotatable bonds is 6. The molecule has 0 radical (unpaired) electrons. The molecule has 0 aliphatic rings. The van der Waals surface area contributed by atoms with Crippen LogP contribution in [0, 0.1) is 10.1 Å². The Kier molecular flexibility index (Phi) is 6.34. The van der Waals surface area contributed by atoms with Crippen LogP contribution in [0.4, 0.5) is 24.5 Å². The average Bonchev–Trinajstić information content (AvgIpc) is 2.65. The van der Waals surface area contributed by atoms with E-state index in [0.29, 0.717) is 12.1 Å². The lowest BCUT2D eigenvalue weighted by Gasteiger charge is -2.10. The van der Waals surface area contributed by atoms with Crippen LogP contribution in [0.1, 0.15) is 28.4 Å². The predicted octanol–water partition coefficient (Wildman–Crippen LogP) is 3.97. The third-order valence-electron chi connectivity index (χ3n) is 3.73. The summed E-state index contributed by atoms with van der Waals surface area (Å²) in [6, 6.07) is 8.19. The van der Waals surface area contributed by atoms with Gasteiger partial charge >= 0.3 is 12.1 Å². The standard InChI is InChI=1S/C18H15F3N2O5/c1-2-11-3-5-12(6-4-11)17(25)28-10-16(24)22-14-8-7-13(18(19,20)21)9-15(14)23(26)27/h3-9H,2,10H2,1H3,(H,22,24). The van der Waals surface area contributed by atoms with E-state index < -0.39 is 46.5 Å². The Morgan fingerprint density at radius 3 is 2.32 bits per heavy atom. The maximum Gasteiger partial charge on any atom is 0.416 e. The van der Waals surface area contributed by atoms with Crippen LogP contribution in [-0.4, -0.2) is 23.4 Å². The topological polar surface area (TPSA) is 98.5 Å². The number of hydrogen-bond acceptors (Lipinski definition) is 5. The van der Waals surface area contributed by atoms with E-state index in [4.69, 9.17) is 4.74 Å². The SMILES string of the molecule is CCc1ccc(C(=O)OCC(=O)Nc2ccc(C(F)(F)F)cc2[N+](=O)[O-])cc1. The maximum absolute atomic E-state index is 12.7. The van der Waals surface area contributed by atoms with Gasteiger partial charge in [-0.2, -0.15) is 13.2 Å². The molecule has 28 heavy (non-hydrogen) atoms. The second kappa shape index (κ2) is 8.51. The van der Waals surface area contributed by atoms with Gasteiger partial charge in [-0.05, 0) is 36.2 Å². The minimum absolute atomic E-state index is 0.213. The van der Waals surface area contributed by atoms with Crippen LogP contribution in [0.2, 0.25) is 0 Å². The number of alkyl halides is 3. The zero-order valence-electron chi connectivity index (χ0n) is 14.6. The summed E-state index contributed by atoms with van der Waals surface area (Å²) < 4.78 is 42.8. The third-order valence-corrected chi connectivity index (χ3v) is 3.73. The van der Waals surface area contributed by atoms with Gasteiger partial charge in [0.15, 0.2) is 6.61 Å². The molecule has 0 heterocycles. The highest BCUT2D eigenvalue weighted by Crippen LogP contribution is 2.34. The van der Waals surface area contributed by atoms with Crippen molar-refractivity contribution >= 4 is 23.3 Å². The number of hydrogen-bond donors (Lipinski definition) is 1. The van der Waals surface area contributed by atoms with E-state index >= 15 is 0 Å². The van der Waals surface area contributed by atoms with Gasteiger partial charge in [-0.15, -0.1) is 0 Å². The lowest BCUT2D eigenvalue weighted by molar-refractivity contribution is -0.384. The number of nitro groups is 1. The van der Waals surface area contributed by atoms with Crippen LogP contribution in [0.15, 0.2) is 42.5 Å². The molecule has 7 nitrogen and oxygen atoms in total. The quantitative estimate of drug-likeness (QED) is 0.453. The minimum Gasteiger partial charge on any atom is -0.452 e. The normalized spacial score (nSPS) is 11.0. The molecule has 0 atom stereocenters. The number of aryl methyl sites for hydroxylation is 1. The molecule has 2 aromatic rings. The minimum atomic E-state index is -4.77. The zero-order chi connectivity index (χ0) is 20.9. The fourth-order valence-corrected chi connectivity index (χ4v) is 2.24. The molecular weight excluding hydrogens is 381 g/mol. The van der Waals surface area contributed by atoms with Crippen LogP contribution in [-0.2, 0) is 22.1 Å². The predicted molar refractivity (Wildman–Crippen MR) is 92.8 cm³/mol. The molecule has 148 valence electrons. The van der Waals surface area contributed by atoms with Crippen LogP contribution in [0.3, 0.4) is 0 Å². The van der Waals surface area contributed by atoms with Crippen molar-refractivity contribution in [2.75, 3.05) is 11.9 Å². The van der Waals surface area contributed by atoms with Crippen molar-refractivity contribution in [2.45, 2.75) is 19.5 Å². The van der Waals surface area contributed by atoms with Crippen LogP contribution < -0.4 is 5.32 Å². The largest absolute Gasteiger partial charge is 0.452 e. The monoisotopic (exact) mass is 396 g/mol. The molecule has 0 saturated heterocycles. The number of nitro benzene ring substituents is 1. The van der Waals surface area contributed by atoms with Gasteiger partial charge in [0.2, 0.25) is 0 Å². The number of anilines is 1. The summed E-state index contributed by atoms with van der Waals surface area (Å²) in [7, 11) is 0. The number of carbonyl (C=O) groups is 2. The Labute approximate surface area is 157 Å². The van der Waals surface area contributed by atoms with Crippen molar-refractivity contribution < 1.29 is 32.4 Å². The van der Waals surface area contributed by atoms with Gasteiger partial charge in [-0.3, -0.25) is 14.9 Å². The molecule has 2 rings (SSSR count). The number of esters is 1. The molecular formula is C18H15F3N2O5. The first kappa shape index (κ1) is 20.9. The average molecular weight is 396 g/mol. The van der Waals surface area contributed by atoms with E-state index in [2.05, 4.69) is 5.32 Å². The number of carbonyl (C=O) groups excluding carboxylic acids is 2. The van der Waals surface area contributed by atoms with Gasteiger partial charge < -0.3 is 10.1 Å². The molecule has 0 aromatic heterocycles. The van der Waals surface area contributed by atoms with Crippen molar-refractivity contribution in [3.8, 4) is 0 Å². The first-order valence-corrected chi connectivity index (χ1v) is 8.03. The molecule has 10 heteroatoms. The Balaban J connectivity index is 2.04.